The number of hydrogen-bond donors (Lipinski definition) is 1. The third kappa shape index (κ3) is 4.80. The fraction of sp³-hybridized carbons (Fsp3) is 0.579. The molecule has 0 bridgehead atoms. The lowest BCUT2D eigenvalue weighted by atomic mass is 10.2. The molecule has 1 saturated heterocycles. The molecule has 1 atom stereocenters. The van der Waals surface area contributed by atoms with Crippen molar-refractivity contribution in [2.75, 3.05) is 44.7 Å². The first kappa shape index (κ1) is 17.9. The van der Waals surface area contributed by atoms with E-state index in [1.54, 1.807) is 4.90 Å². The van der Waals surface area contributed by atoms with Crippen molar-refractivity contribution in [1.82, 2.24) is 15.1 Å². The number of benzene rings is 1. The molecule has 0 spiro atoms. The van der Waals surface area contributed by atoms with Gasteiger partial charge in [0.2, 0.25) is 11.8 Å². The molecule has 6 nitrogen and oxygen atoms in total. The Morgan fingerprint density at radius 1 is 1.16 bits per heavy atom. The fourth-order valence-electron chi connectivity index (χ4n) is 3.23. The highest BCUT2D eigenvalue weighted by Crippen LogP contribution is 2.18. The Labute approximate surface area is 149 Å². The minimum atomic E-state index is -0.160. The molecule has 1 unspecified atom stereocenters. The Balaban J connectivity index is 1.46. The van der Waals surface area contributed by atoms with Gasteiger partial charge in [0.1, 0.15) is 0 Å². The van der Waals surface area contributed by atoms with Gasteiger partial charge in [-0.1, -0.05) is 18.2 Å². The largest absolute Gasteiger partial charge is 0.352 e. The minimum absolute atomic E-state index is 0.103. The molecule has 25 heavy (non-hydrogen) atoms. The highest BCUT2D eigenvalue weighted by atomic mass is 16.2. The topological polar surface area (TPSA) is 55.9 Å². The van der Waals surface area contributed by atoms with Crippen molar-refractivity contribution in [2.45, 2.75) is 31.8 Å². The van der Waals surface area contributed by atoms with E-state index >= 15 is 0 Å². The predicted octanol–water partition coefficient (Wildman–Crippen LogP) is 0.934. The van der Waals surface area contributed by atoms with Crippen LogP contribution in [0.3, 0.4) is 0 Å². The first-order valence-corrected chi connectivity index (χ1v) is 9.13. The van der Waals surface area contributed by atoms with Crippen molar-refractivity contribution in [3.05, 3.63) is 30.3 Å². The number of likely N-dealkylation sites (N-methyl/N-ethyl adjacent to an activating group) is 1. The van der Waals surface area contributed by atoms with E-state index in [4.69, 9.17) is 0 Å². The van der Waals surface area contributed by atoms with E-state index in [0.717, 1.165) is 44.7 Å². The lowest BCUT2D eigenvalue weighted by molar-refractivity contribution is -0.126. The third-order valence-corrected chi connectivity index (χ3v) is 5.10. The maximum atomic E-state index is 12.7. The summed E-state index contributed by atoms with van der Waals surface area (Å²) in [5.74, 6) is 0.231. The molecule has 2 fully saturated rings. The van der Waals surface area contributed by atoms with Crippen molar-refractivity contribution in [2.24, 2.45) is 0 Å². The van der Waals surface area contributed by atoms with Crippen molar-refractivity contribution >= 4 is 17.5 Å². The van der Waals surface area contributed by atoms with Gasteiger partial charge in [0.05, 0.1) is 12.6 Å². The number of carbonyl (C=O) groups is 2. The van der Waals surface area contributed by atoms with Crippen LogP contribution in [-0.2, 0) is 9.59 Å². The first-order chi connectivity index (χ1) is 12.0. The van der Waals surface area contributed by atoms with E-state index in [0.29, 0.717) is 12.6 Å². The molecule has 0 aromatic heterocycles. The highest BCUT2D eigenvalue weighted by molar-refractivity contribution is 5.96. The number of para-hydroxylation sites is 1. The number of nitrogens with zero attached hydrogens (tertiary/aromatic N) is 3. The van der Waals surface area contributed by atoms with E-state index < -0.39 is 0 Å². The van der Waals surface area contributed by atoms with E-state index in [9.17, 15) is 9.59 Å². The van der Waals surface area contributed by atoms with Crippen LogP contribution in [-0.4, -0.2) is 73.5 Å². The molecule has 1 aliphatic carbocycles. The van der Waals surface area contributed by atoms with Gasteiger partial charge in [-0.15, -0.1) is 0 Å². The molecule has 1 aromatic carbocycles. The van der Waals surface area contributed by atoms with Gasteiger partial charge in [0.25, 0.3) is 0 Å². The van der Waals surface area contributed by atoms with Gasteiger partial charge in [-0.3, -0.25) is 19.4 Å². The second kappa shape index (κ2) is 7.97. The van der Waals surface area contributed by atoms with Crippen LogP contribution in [0.5, 0.6) is 0 Å². The summed E-state index contributed by atoms with van der Waals surface area (Å²) >= 11 is 0. The Hall–Kier alpha value is -1.92. The van der Waals surface area contributed by atoms with Gasteiger partial charge in [-0.25, -0.2) is 0 Å². The molecule has 1 heterocycles. The van der Waals surface area contributed by atoms with Gasteiger partial charge >= 0.3 is 0 Å². The van der Waals surface area contributed by atoms with Crippen molar-refractivity contribution in [3.63, 3.8) is 0 Å². The SMILES string of the molecule is CC(C(=O)N(C)c1ccccc1)N1CCN(CC(=O)NC2CC2)CC1. The van der Waals surface area contributed by atoms with Crippen LogP contribution in [0.4, 0.5) is 5.69 Å². The molecule has 2 aliphatic rings. The smallest absolute Gasteiger partial charge is 0.243 e. The van der Waals surface area contributed by atoms with Gasteiger partial charge in [-0.05, 0) is 31.9 Å². The van der Waals surface area contributed by atoms with E-state index in [2.05, 4.69) is 15.1 Å². The molecule has 1 aliphatic heterocycles. The van der Waals surface area contributed by atoms with Crippen LogP contribution in [0.2, 0.25) is 0 Å². The molecular formula is C19H28N4O2. The zero-order chi connectivity index (χ0) is 17.8. The summed E-state index contributed by atoms with van der Waals surface area (Å²) in [7, 11) is 1.83. The van der Waals surface area contributed by atoms with Crippen LogP contribution in [0.25, 0.3) is 0 Å². The summed E-state index contributed by atoms with van der Waals surface area (Å²) in [6.07, 6.45) is 2.24. The molecular weight excluding hydrogens is 316 g/mol. The number of anilines is 1. The van der Waals surface area contributed by atoms with Crippen molar-refractivity contribution in [1.29, 1.82) is 0 Å². The van der Waals surface area contributed by atoms with Crippen LogP contribution >= 0.6 is 0 Å². The maximum absolute atomic E-state index is 12.7. The minimum Gasteiger partial charge on any atom is -0.352 e. The Kier molecular flexibility index (Phi) is 5.71. The summed E-state index contributed by atoms with van der Waals surface area (Å²) in [5.41, 5.74) is 0.912. The molecule has 6 heteroatoms. The van der Waals surface area contributed by atoms with Crippen LogP contribution in [0.15, 0.2) is 30.3 Å². The van der Waals surface area contributed by atoms with Gasteiger partial charge in [0, 0.05) is 45.0 Å². The zero-order valence-corrected chi connectivity index (χ0v) is 15.1. The van der Waals surface area contributed by atoms with Crippen LogP contribution < -0.4 is 10.2 Å². The predicted molar refractivity (Wildman–Crippen MR) is 98.5 cm³/mol. The average molecular weight is 344 g/mol. The summed E-state index contributed by atoms with van der Waals surface area (Å²) in [4.78, 5) is 30.7. The lowest BCUT2D eigenvalue weighted by Gasteiger charge is -2.38. The van der Waals surface area contributed by atoms with Crippen LogP contribution in [0.1, 0.15) is 19.8 Å². The normalized spacial score (nSPS) is 20.1. The van der Waals surface area contributed by atoms with E-state index in [1.165, 1.54) is 0 Å². The molecule has 1 saturated carbocycles. The van der Waals surface area contributed by atoms with Gasteiger partial charge in [0.15, 0.2) is 0 Å². The van der Waals surface area contributed by atoms with Crippen molar-refractivity contribution < 1.29 is 9.59 Å². The number of hydrogen-bond acceptors (Lipinski definition) is 4. The lowest BCUT2D eigenvalue weighted by Crippen LogP contribution is -2.55. The Bertz CT molecular complexity index is 595. The standard InChI is InChI=1S/C19H28N4O2/c1-15(19(25)21(2)17-6-4-3-5-7-17)23-12-10-22(11-13-23)14-18(24)20-16-8-9-16/h3-7,15-16H,8-14H2,1-2H3,(H,20,24). The first-order valence-electron chi connectivity index (χ1n) is 9.13. The monoisotopic (exact) mass is 344 g/mol. The highest BCUT2D eigenvalue weighted by Gasteiger charge is 2.29. The van der Waals surface area contributed by atoms with Gasteiger partial charge in [-0.2, -0.15) is 0 Å². The summed E-state index contributed by atoms with van der Waals surface area (Å²) in [6, 6.07) is 9.98. The number of piperazine rings is 1. The van der Waals surface area contributed by atoms with E-state index in [1.807, 2.05) is 44.3 Å². The number of rotatable bonds is 6. The summed E-state index contributed by atoms with van der Waals surface area (Å²) < 4.78 is 0. The summed E-state index contributed by atoms with van der Waals surface area (Å²) in [5, 5.41) is 3.03. The summed E-state index contributed by atoms with van der Waals surface area (Å²) in [6.45, 7) is 5.71. The molecule has 1 N–H and O–H groups in total. The molecule has 1 aromatic rings. The molecule has 136 valence electrons. The number of nitrogens with one attached hydrogen (secondary N) is 1. The molecule has 0 radical (unpaired) electrons. The zero-order valence-electron chi connectivity index (χ0n) is 15.1. The van der Waals surface area contributed by atoms with Crippen LogP contribution in [0, 0.1) is 0 Å². The second-order valence-corrected chi connectivity index (χ2v) is 7.06. The van der Waals surface area contributed by atoms with Crippen molar-refractivity contribution in [3.8, 4) is 0 Å². The Morgan fingerprint density at radius 3 is 2.40 bits per heavy atom. The maximum Gasteiger partial charge on any atom is 0.243 e. The van der Waals surface area contributed by atoms with Gasteiger partial charge < -0.3 is 10.2 Å². The second-order valence-electron chi connectivity index (χ2n) is 7.06. The molecule has 3 rings (SSSR count). The quantitative estimate of drug-likeness (QED) is 0.834. The molecule has 2 amide bonds. The number of carbonyl (C=O) groups excluding carboxylic acids is 2. The van der Waals surface area contributed by atoms with E-state index in [-0.39, 0.29) is 17.9 Å². The third-order valence-electron chi connectivity index (χ3n) is 5.10. The average Bonchev–Trinajstić information content (AvgIpc) is 3.45. The Morgan fingerprint density at radius 2 is 1.80 bits per heavy atom. The number of amides is 2. The fourth-order valence-corrected chi connectivity index (χ4v) is 3.23.